The highest BCUT2D eigenvalue weighted by Gasteiger charge is 2.23. The summed E-state index contributed by atoms with van der Waals surface area (Å²) in [6.07, 6.45) is 0. The molecule has 1 saturated heterocycles. The Bertz CT molecular complexity index is 732. The number of hydrogen-bond donors (Lipinski definition) is 0. The van der Waals surface area contributed by atoms with Crippen LogP contribution in [0.4, 0.5) is 5.69 Å². The van der Waals surface area contributed by atoms with Crippen molar-refractivity contribution in [3.05, 3.63) is 59.7 Å². The number of carbonyl (C=O) groups is 1. The first kappa shape index (κ1) is 18.3. The fourth-order valence-corrected chi connectivity index (χ4v) is 3.33. The zero-order valence-electron chi connectivity index (χ0n) is 15.9. The third-order valence-electron chi connectivity index (χ3n) is 4.92. The number of ether oxygens (including phenoxy) is 1. The minimum Gasteiger partial charge on any atom is -0.484 e. The van der Waals surface area contributed by atoms with Gasteiger partial charge >= 0.3 is 0 Å². The van der Waals surface area contributed by atoms with E-state index in [1.165, 1.54) is 16.8 Å². The number of hydrogen-bond acceptors (Lipinski definition) is 3. The lowest BCUT2D eigenvalue weighted by molar-refractivity contribution is -0.133. The molecule has 0 bridgehead atoms. The number of para-hydroxylation sites is 1. The smallest absolute Gasteiger partial charge is 0.260 e. The minimum absolute atomic E-state index is 0.0577. The molecule has 138 valence electrons. The number of rotatable bonds is 5. The van der Waals surface area contributed by atoms with Gasteiger partial charge in [0.1, 0.15) is 5.75 Å². The molecule has 1 heterocycles. The van der Waals surface area contributed by atoms with E-state index >= 15 is 0 Å². The fourth-order valence-electron chi connectivity index (χ4n) is 3.33. The largest absolute Gasteiger partial charge is 0.484 e. The number of anilines is 1. The summed E-state index contributed by atoms with van der Waals surface area (Å²) in [5.74, 6) is 1.30. The van der Waals surface area contributed by atoms with Gasteiger partial charge in [0.05, 0.1) is 0 Å². The molecule has 4 heteroatoms. The quantitative estimate of drug-likeness (QED) is 0.819. The molecular formula is C22H28N2O2. The SMILES string of the molecule is Cc1ccc(OCC(=O)N2CCN(c3ccccc3C(C)C)CC2)cc1. The molecule has 2 aromatic carbocycles. The molecule has 0 radical (unpaired) electrons. The van der Waals surface area contributed by atoms with Crippen LogP contribution in [-0.4, -0.2) is 43.6 Å². The van der Waals surface area contributed by atoms with Gasteiger partial charge in [0.2, 0.25) is 0 Å². The van der Waals surface area contributed by atoms with Crippen LogP contribution in [0.15, 0.2) is 48.5 Å². The van der Waals surface area contributed by atoms with Crippen molar-refractivity contribution in [3.8, 4) is 5.75 Å². The van der Waals surface area contributed by atoms with Crippen molar-refractivity contribution < 1.29 is 9.53 Å². The second-order valence-electron chi connectivity index (χ2n) is 7.18. The Balaban J connectivity index is 1.53. The molecule has 26 heavy (non-hydrogen) atoms. The molecule has 0 aliphatic carbocycles. The second-order valence-corrected chi connectivity index (χ2v) is 7.18. The van der Waals surface area contributed by atoms with Crippen LogP contribution in [0.25, 0.3) is 0 Å². The van der Waals surface area contributed by atoms with E-state index in [0.717, 1.165) is 31.9 Å². The Hall–Kier alpha value is -2.49. The highest BCUT2D eigenvalue weighted by Crippen LogP contribution is 2.28. The van der Waals surface area contributed by atoms with Crippen LogP contribution in [-0.2, 0) is 4.79 Å². The Kier molecular flexibility index (Phi) is 5.82. The Morgan fingerprint density at radius 1 is 1.00 bits per heavy atom. The van der Waals surface area contributed by atoms with Crippen LogP contribution in [0, 0.1) is 6.92 Å². The summed E-state index contributed by atoms with van der Waals surface area (Å²) in [4.78, 5) is 16.7. The molecule has 1 fully saturated rings. The van der Waals surface area contributed by atoms with Crippen LogP contribution >= 0.6 is 0 Å². The Labute approximate surface area is 156 Å². The van der Waals surface area contributed by atoms with Crippen molar-refractivity contribution in [2.24, 2.45) is 0 Å². The first-order valence-electron chi connectivity index (χ1n) is 9.35. The molecule has 2 aromatic rings. The lowest BCUT2D eigenvalue weighted by Crippen LogP contribution is -2.50. The molecule has 0 N–H and O–H groups in total. The Morgan fingerprint density at radius 3 is 2.31 bits per heavy atom. The molecule has 4 nitrogen and oxygen atoms in total. The molecule has 1 amide bonds. The van der Waals surface area contributed by atoms with E-state index in [0.29, 0.717) is 5.92 Å². The summed E-state index contributed by atoms with van der Waals surface area (Å²) in [7, 11) is 0. The van der Waals surface area contributed by atoms with Crippen molar-refractivity contribution in [2.45, 2.75) is 26.7 Å². The average molecular weight is 352 g/mol. The second kappa shape index (κ2) is 8.26. The molecule has 0 spiro atoms. The lowest BCUT2D eigenvalue weighted by Gasteiger charge is -2.37. The summed E-state index contributed by atoms with van der Waals surface area (Å²) < 4.78 is 5.63. The van der Waals surface area contributed by atoms with Crippen LogP contribution in [0.5, 0.6) is 5.75 Å². The number of amides is 1. The van der Waals surface area contributed by atoms with E-state index in [4.69, 9.17) is 4.74 Å². The predicted octanol–water partition coefficient (Wildman–Crippen LogP) is 3.85. The van der Waals surface area contributed by atoms with Gasteiger partial charge < -0.3 is 14.5 Å². The van der Waals surface area contributed by atoms with Gasteiger partial charge in [-0.05, 0) is 36.6 Å². The van der Waals surface area contributed by atoms with Crippen molar-refractivity contribution in [2.75, 3.05) is 37.7 Å². The number of benzene rings is 2. The lowest BCUT2D eigenvalue weighted by atomic mass is 10.00. The normalized spacial score (nSPS) is 14.6. The van der Waals surface area contributed by atoms with Crippen LogP contribution < -0.4 is 9.64 Å². The molecule has 0 unspecified atom stereocenters. The highest BCUT2D eigenvalue weighted by atomic mass is 16.5. The van der Waals surface area contributed by atoms with Crippen LogP contribution in [0.1, 0.15) is 30.9 Å². The number of aryl methyl sites for hydroxylation is 1. The van der Waals surface area contributed by atoms with Crippen molar-refractivity contribution in [1.29, 1.82) is 0 Å². The fraction of sp³-hybridized carbons (Fsp3) is 0.409. The van der Waals surface area contributed by atoms with Gasteiger partial charge in [0.25, 0.3) is 5.91 Å². The third kappa shape index (κ3) is 4.37. The first-order chi connectivity index (χ1) is 12.5. The topological polar surface area (TPSA) is 32.8 Å². The van der Waals surface area contributed by atoms with Crippen LogP contribution in [0.2, 0.25) is 0 Å². The molecule has 1 aliphatic heterocycles. The molecule has 0 aromatic heterocycles. The van der Waals surface area contributed by atoms with E-state index in [1.54, 1.807) is 0 Å². The van der Waals surface area contributed by atoms with E-state index < -0.39 is 0 Å². The molecule has 1 aliphatic rings. The number of piperazine rings is 1. The molecule has 0 saturated carbocycles. The summed E-state index contributed by atoms with van der Waals surface area (Å²) >= 11 is 0. The highest BCUT2D eigenvalue weighted by molar-refractivity contribution is 5.78. The summed E-state index contributed by atoms with van der Waals surface area (Å²) in [6, 6.07) is 16.4. The van der Waals surface area contributed by atoms with Gasteiger partial charge in [0.15, 0.2) is 6.61 Å². The van der Waals surface area contributed by atoms with Gasteiger partial charge in [0, 0.05) is 31.9 Å². The maximum Gasteiger partial charge on any atom is 0.260 e. The number of carbonyl (C=O) groups excluding carboxylic acids is 1. The minimum atomic E-state index is 0.0577. The predicted molar refractivity (Wildman–Crippen MR) is 106 cm³/mol. The average Bonchev–Trinajstić information content (AvgIpc) is 2.67. The van der Waals surface area contributed by atoms with E-state index in [2.05, 4.69) is 43.0 Å². The van der Waals surface area contributed by atoms with Gasteiger partial charge in [-0.1, -0.05) is 49.7 Å². The maximum atomic E-state index is 12.4. The van der Waals surface area contributed by atoms with Crippen LogP contribution in [0.3, 0.4) is 0 Å². The maximum absolute atomic E-state index is 12.4. The van der Waals surface area contributed by atoms with Crippen molar-refractivity contribution in [1.82, 2.24) is 4.90 Å². The van der Waals surface area contributed by atoms with Crippen molar-refractivity contribution in [3.63, 3.8) is 0 Å². The standard InChI is InChI=1S/C22H28N2O2/c1-17(2)20-6-4-5-7-21(20)23-12-14-24(15-13-23)22(25)16-26-19-10-8-18(3)9-11-19/h4-11,17H,12-16H2,1-3H3. The summed E-state index contributed by atoms with van der Waals surface area (Å²) in [5.41, 5.74) is 3.85. The van der Waals surface area contributed by atoms with Gasteiger partial charge in [-0.15, -0.1) is 0 Å². The zero-order valence-corrected chi connectivity index (χ0v) is 15.9. The first-order valence-corrected chi connectivity index (χ1v) is 9.35. The molecule has 0 atom stereocenters. The van der Waals surface area contributed by atoms with E-state index in [-0.39, 0.29) is 12.5 Å². The monoisotopic (exact) mass is 352 g/mol. The zero-order chi connectivity index (χ0) is 18.5. The number of nitrogens with zero attached hydrogens (tertiary/aromatic N) is 2. The van der Waals surface area contributed by atoms with E-state index in [1.807, 2.05) is 36.1 Å². The van der Waals surface area contributed by atoms with Gasteiger partial charge in [-0.2, -0.15) is 0 Å². The third-order valence-corrected chi connectivity index (χ3v) is 4.92. The Morgan fingerprint density at radius 2 is 1.65 bits per heavy atom. The molecular weight excluding hydrogens is 324 g/mol. The van der Waals surface area contributed by atoms with E-state index in [9.17, 15) is 4.79 Å². The summed E-state index contributed by atoms with van der Waals surface area (Å²) in [5, 5.41) is 0. The van der Waals surface area contributed by atoms with Gasteiger partial charge in [-0.3, -0.25) is 4.79 Å². The summed E-state index contributed by atoms with van der Waals surface area (Å²) in [6.45, 7) is 9.78. The van der Waals surface area contributed by atoms with Gasteiger partial charge in [-0.25, -0.2) is 0 Å². The molecule has 3 rings (SSSR count). The van der Waals surface area contributed by atoms with Crippen molar-refractivity contribution >= 4 is 11.6 Å².